The van der Waals surface area contributed by atoms with Crippen LogP contribution in [0.2, 0.25) is 0 Å². The highest BCUT2D eigenvalue weighted by molar-refractivity contribution is 5.96. The molecule has 0 aliphatic carbocycles. The first-order valence-electron chi connectivity index (χ1n) is 8.90. The van der Waals surface area contributed by atoms with Gasteiger partial charge in [0.1, 0.15) is 18.1 Å². The van der Waals surface area contributed by atoms with Gasteiger partial charge in [-0.2, -0.15) is 0 Å². The van der Waals surface area contributed by atoms with Gasteiger partial charge in [-0.1, -0.05) is 0 Å². The van der Waals surface area contributed by atoms with Crippen LogP contribution in [0.25, 0.3) is 0 Å². The van der Waals surface area contributed by atoms with Crippen molar-refractivity contribution in [1.82, 2.24) is 16.0 Å². The van der Waals surface area contributed by atoms with E-state index >= 15 is 0 Å². The van der Waals surface area contributed by atoms with E-state index in [0.29, 0.717) is 0 Å². The monoisotopic (exact) mass is 432 g/mol. The molecule has 30 heavy (non-hydrogen) atoms. The molecule has 0 radical (unpaired) electrons. The SMILES string of the molecule is CC(N)C(=O)NC(C(=O)NC(CC(N)=O)C(=O)NC(CCC(N)=O)C(=O)O)C(C)O. The zero-order valence-electron chi connectivity index (χ0n) is 16.6. The van der Waals surface area contributed by atoms with Gasteiger partial charge in [0, 0.05) is 6.42 Å². The lowest BCUT2D eigenvalue weighted by atomic mass is 10.1. The number of rotatable bonds is 13. The number of hydrogen-bond acceptors (Lipinski definition) is 8. The number of primary amides is 2. The Bertz CT molecular complexity index is 681. The van der Waals surface area contributed by atoms with Crippen molar-refractivity contribution < 1.29 is 39.0 Å². The average Bonchev–Trinajstić information content (AvgIpc) is 2.60. The summed E-state index contributed by atoms with van der Waals surface area (Å²) in [6.45, 7) is 2.53. The Morgan fingerprint density at radius 3 is 1.77 bits per heavy atom. The summed E-state index contributed by atoms with van der Waals surface area (Å²) in [5, 5.41) is 25.3. The van der Waals surface area contributed by atoms with Crippen LogP contribution in [0, 0.1) is 0 Å². The van der Waals surface area contributed by atoms with Crippen LogP contribution in [-0.4, -0.2) is 76.0 Å². The third-order valence-corrected chi connectivity index (χ3v) is 3.81. The van der Waals surface area contributed by atoms with Crippen LogP contribution >= 0.6 is 0 Å². The fraction of sp³-hybridized carbons (Fsp3) is 0.625. The summed E-state index contributed by atoms with van der Waals surface area (Å²) in [4.78, 5) is 70.0. The van der Waals surface area contributed by atoms with Gasteiger partial charge in [-0.3, -0.25) is 24.0 Å². The fourth-order valence-corrected chi connectivity index (χ4v) is 2.18. The number of carboxylic acid groups (broad SMARTS) is 1. The molecule has 0 aromatic rings. The molecule has 0 rings (SSSR count). The van der Waals surface area contributed by atoms with E-state index in [1.165, 1.54) is 13.8 Å². The summed E-state index contributed by atoms with van der Waals surface area (Å²) in [5.74, 6) is -6.13. The van der Waals surface area contributed by atoms with E-state index in [1.54, 1.807) is 0 Å². The van der Waals surface area contributed by atoms with Crippen LogP contribution < -0.4 is 33.2 Å². The summed E-state index contributed by atoms with van der Waals surface area (Å²) in [6, 6.07) is -5.65. The molecule has 0 saturated heterocycles. The molecule has 5 amide bonds. The first-order chi connectivity index (χ1) is 13.8. The van der Waals surface area contributed by atoms with Crippen LogP contribution in [0.4, 0.5) is 0 Å². The minimum absolute atomic E-state index is 0.325. The first kappa shape index (κ1) is 26.7. The lowest BCUT2D eigenvalue weighted by Gasteiger charge is -2.25. The van der Waals surface area contributed by atoms with E-state index in [0.717, 1.165) is 0 Å². The van der Waals surface area contributed by atoms with Gasteiger partial charge in [0.2, 0.25) is 29.5 Å². The zero-order chi connectivity index (χ0) is 23.6. The van der Waals surface area contributed by atoms with Gasteiger partial charge in [0.05, 0.1) is 18.6 Å². The molecule has 5 atom stereocenters. The van der Waals surface area contributed by atoms with Crippen molar-refractivity contribution in [3.63, 3.8) is 0 Å². The Morgan fingerprint density at radius 1 is 0.833 bits per heavy atom. The number of aliphatic hydroxyl groups is 1. The average molecular weight is 432 g/mol. The van der Waals surface area contributed by atoms with Gasteiger partial charge in [-0.25, -0.2) is 4.79 Å². The van der Waals surface area contributed by atoms with E-state index in [-0.39, 0.29) is 12.8 Å². The van der Waals surface area contributed by atoms with Gasteiger partial charge >= 0.3 is 5.97 Å². The second-order valence-corrected chi connectivity index (χ2v) is 6.65. The molecule has 0 aliphatic rings. The molecule has 0 aliphatic heterocycles. The number of aliphatic carboxylic acids is 1. The molecule has 0 bridgehead atoms. The Morgan fingerprint density at radius 2 is 1.37 bits per heavy atom. The van der Waals surface area contributed by atoms with Gasteiger partial charge in [0.25, 0.3) is 0 Å². The zero-order valence-corrected chi connectivity index (χ0v) is 16.6. The van der Waals surface area contributed by atoms with Crippen LogP contribution in [0.15, 0.2) is 0 Å². The van der Waals surface area contributed by atoms with Crippen molar-refractivity contribution in [2.45, 2.75) is 63.4 Å². The first-order valence-corrected chi connectivity index (χ1v) is 8.90. The summed E-state index contributed by atoms with van der Waals surface area (Å²) < 4.78 is 0. The predicted molar refractivity (Wildman–Crippen MR) is 101 cm³/mol. The maximum absolute atomic E-state index is 12.4. The van der Waals surface area contributed by atoms with Gasteiger partial charge in [-0.15, -0.1) is 0 Å². The van der Waals surface area contributed by atoms with Gasteiger partial charge < -0.3 is 43.4 Å². The quantitative estimate of drug-likeness (QED) is 0.139. The topological polar surface area (TPSA) is 257 Å². The van der Waals surface area contributed by atoms with Crippen molar-refractivity contribution >= 4 is 35.5 Å². The molecular weight excluding hydrogens is 404 g/mol. The van der Waals surface area contributed by atoms with E-state index in [9.17, 15) is 33.9 Å². The minimum Gasteiger partial charge on any atom is -0.480 e. The summed E-state index contributed by atoms with van der Waals surface area (Å²) in [5.41, 5.74) is 15.4. The maximum Gasteiger partial charge on any atom is 0.326 e. The van der Waals surface area contributed by atoms with Crippen LogP contribution in [0.5, 0.6) is 0 Å². The van der Waals surface area contributed by atoms with Crippen LogP contribution in [0.3, 0.4) is 0 Å². The maximum atomic E-state index is 12.4. The highest BCUT2D eigenvalue weighted by atomic mass is 16.4. The van der Waals surface area contributed by atoms with Crippen molar-refractivity contribution in [3.8, 4) is 0 Å². The third kappa shape index (κ3) is 9.79. The summed E-state index contributed by atoms with van der Waals surface area (Å²) in [6.07, 6.45) is -2.76. The van der Waals surface area contributed by atoms with Crippen molar-refractivity contribution in [2.75, 3.05) is 0 Å². The number of carboxylic acids is 1. The number of carbonyl (C=O) groups excluding carboxylic acids is 5. The van der Waals surface area contributed by atoms with Crippen molar-refractivity contribution in [2.24, 2.45) is 17.2 Å². The molecule has 0 spiro atoms. The summed E-state index contributed by atoms with van der Waals surface area (Å²) in [7, 11) is 0. The molecule has 0 fully saturated rings. The molecular formula is C16H28N6O8. The molecule has 5 unspecified atom stereocenters. The number of nitrogens with one attached hydrogen (secondary N) is 3. The number of carbonyl (C=O) groups is 6. The second kappa shape index (κ2) is 12.3. The standard InChI is InChI=1S/C16H28N6O8/c1-6(17)13(26)22-12(7(2)23)15(28)21-9(5-11(19)25)14(27)20-8(16(29)30)3-4-10(18)24/h6-9,12,23H,3-5,17H2,1-2H3,(H2,18,24)(H2,19,25)(H,20,27)(H,21,28)(H,22,26)(H,29,30). The van der Waals surface area contributed by atoms with E-state index in [4.69, 9.17) is 22.3 Å². The molecule has 0 aromatic carbocycles. The molecule has 11 N–H and O–H groups in total. The normalized spacial score (nSPS) is 15.6. The molecule has 0 saturated carbocycles. The molecule has 170 valence electrons. The fourth-order valence-electron chi connectivity index (χ4n) is 2.18. The Labute approximate surface area is 171 Å². The van der Waals surface area contributed by atoms with E-state index < -0.39 is 72.2 Å². The second-order valence-electron chi connectivity index (χ2n) is 6.65. The van der Waals surface area contributed by atoms with Gasteiger partial charge in [0.15, 0.2) is 0 Å². The Kier molecular flexibility index (Phi) is 11.0. The number of aliphatic hydroxyl groups excluding tert-OH is 1. The third-order valence-electron chi connectivity index (χ3n) is 3.81. The smallest absolute Gasteiger partial charge is 0.326 e. The number of hydrogen-bond donors (Lipinski definition) is 8. The molecule has 0 aromatic heterocycles. The van der Waals surface area contributed by atoms with Crippen molar-refractivity contribution in [3.05, 3.63) is 0 Å². The van der Waals surface area contributed by atoms with E-state index in [1.807, 2.05) is 0 Å². The largest absolute Gasteiger partial charge is 0.480 e. The van der Waals surface area contributed by atoms with E-state index in [2.05, 4.69) is 16.0 Å². The Balaban J connectivity index is 5.40. The van der Waals surface area contributed by atoms with Crippen LogP contribution in [-0.2, 0) is 28.8 Å². The lowest BCUT2D eigenvalue weighted by Crippen LogP contribution is -2.60. The molecule has 14 nitrogen and oxygen atoms in total. The number of amides is 5. The molecule has 0 heterocycles. The van der Waals surface area contributed by atoms with Crippen LogP contribution in [0.1, 0.15) is 33.1 Å². The van der Waals surface area contributed by atoms with Gasteiger partial charge in [-0.05, 0) is 20.3 Å². The highest BCUT2D eigenvalue weighted by Gasteiger charge is 2.32. The number of nitrogens with two attached hydrogens (primary N) is 3. The Hall–Kier alpha value is -3.26. The summed E-state index contributed by atoms with van der Waals surface area (Å²) >= 11 is 0. The molecule has 14 heteroatoms. The lowest BCUT2D eigenvalue weighted by molar-refractivity contribution is -0.143. The minimum atomic E-state index is -1.61. The highest BCUT2D eigenvalue weighted by Crippen LogP contribution is 2.02. The predicted octanol–water partition coefficient (Wildman–Crippen LogP) is -4.61. The van der Waals surface area contributed by atoms with Crippen molar-refractivity contribution in [1.29, 1.82) is 0 Å².